The summed E-state index contributed by atoms with van der Waals surface area (Å²) < 4.78 is 11.5. The highest BCUT2D eigenvalue weighted by atomic mass is 16.5. The molecular formula is C31H41NO2. The summed E-state index contributed by atoms with van der Waals surface area (Å²) in [6.45, 7) is 14.2. The summed E-state index contributed by atoms with van der Waals surface area (Å²) in [6, 6.07) is 23.4. The van der Waals surface area contributed by atoms with E-state index in [2.05, 4.69) is 94.1 Å². The lowest BCUT2D eigenvalue weighted by Crippen LogP contribution is -2.25. The molecule has 0 fully saturated rings. The molecule has 0 amide bonds. The lowest BCUT2D eigenvalue weighted by molar-refractivity contribution is 0.283. The Morgan fingerprint density at radius 3 is 2.18 bits per heavy atom. The molecule has 0 aliphatic carbocycles. The van der Waals surface area contributed by atoms with E-state index in [9.17, 15) is 0 Å². The number of aryl methyl sites for hydroxylation is 2. The van der Waals surface area contributed by atoms with E-state index in [1.807, 2.05) is 12.1 Å². The first kappa shape index (κ1) is 25.8. The van der Waals surface area contributed by atoms with Crippen molar-refractivity contribution < 1.29 is 9.47 Å². The second-order valence-corrected chi connectivity index (χ2v) is 10.4. The minimum Gasteiger partial charge on any atom is -0.497 e. The van der Waals surface area contributed by atoms with Crippen molar-refractivity contribution in [3.63, 3.8) is 0 Å². The first-order chi connectivity index (χ1) is 16.3. The molecule has 0 saturated carbocycles. The third-order valence-corrected chi connectivity index (χ3v) is 6.33. The summed E-state index contributed by atoms with van der Waals surface area (Å²) in [5, 5.41) is 0. The molecule has 3 heteroatoms. The summed E-state index contributed by atoms with van der Waals surface area (Å²) >= 11 is 0. The Hall–Kier alpha value is -2.78. The van der Waals surface area contributed by atoms with Gasteiger partial charge in [0.2, 0.25) is 0 Å². The molecule has 0 bridgehead atoms. The van der Waals surface area contributed by atoms with E-state index in [0.717, 1.165) is 49.7 Å². The van der Waals surface area contributed by atoms with Crippen molar-refractivity contribution >= 4 is 0 Å². The Kier molecular flexibility index (Phi) is 9.18. The number of ether oxygens (including phenoxy) is 2. The molecule has 0 atom stereocenters. The van der Waals surface area contributed by atoms with E-state index < -0.39 is 0 Å². The molecule has 0 aromatic heterocycles. The van der Waals surface area contributed by atoms with Gasteiger partial charge in [0.25, 0.3) is 0 Å². The lowest BCUT2D eigenvalue weighted by Gasteiger charge is -2.22. The van der Waals surface area contributed by atoms with Crippen LogP contribution in [0.4, 0.5) is 0 Å². The molecule has 0 spiro atoms. The van der Waals surface area contributed by atoms with Crippen LogP contribution in [0, 0.1) is 12.3 Å². The van der Waals surface area contributed by atoms with Gasteiger partial charge in [0.15, 0.2) is 0 Å². The molecule has 3 aromatic rings. The minimum absolute atomic E-state index is 0.358. The van der Waals surface area contributed by atoms with E-state index in [4.69, 9.17) is 9.47 Å². The van der Waals surface area contributed by atoms with Crippen LogP contribution in [-0.2, 0) is 19.4 Å². The Labute approximate surface area is 206 Å². The van der Waals surface area contributed by atoms with Crippen molar-refractivity contribution in [2.75, 3.05) is 20.2 Å². The number of rotatable bonds is 11. The van der Waals surface area contributed by atoms with Gasteiger partial charge < -0.3 is 9.47 Å². The molecule has 0 radical (unpaired) electrons. The van der Waals surface area contributed by atoms with Gasteiger partial charge >= 0.3 is 0 Å². The Morgan fingerprint density at radius 1 is 0.794 bits per heavy atom. The highest BCUT2D eigenvalue weighted by Gasteiger charge is 2.10. The largest absolute Gasteiger partial charge is 0.497 e. The molecule has 34 heavy (non-hydrogen) atoms. The van der Waals surface area contributed by atoms with Crippen LogP contribution in [0.3, 0.4) is 0 Å². The van der Waals surface area contributed by atoms with E-state index in [1.54, 1.807) is 7.11 Å². The van der Waals surface area contributed by atoms with E-state index in [0.29, 0.717) is 5.41 Å². The van der Waals surface area contributed by atoms with Crippen molar-refractivity contribution in [2.24, 2.45) is 5.41 Å². The SMILES string of the molecule is CCN(CCc1cccc(Oc2ccc(CCC(C)(C)C)cc2)c1)Cc1ccc(OC)cc1C. The molecule has 0 saturated heterocycles. The lowest BCUT2D eigenvalue weighted by atomic mass is 9.89. The highest BCUT2D eigenvalue weighted by molar-refractivity contribution is 5.36. The van der Waals surface area contributed by atoms with E-state index >= 15 is 0 Å². The maximum absolute atomic E-state index is 6.16. The van der Waals surface area contributed by atoms with Crippen LogP contribution in [0.25, 0.3) is 0 Å². The van der Waals surface area contributed by atoms with Gasteiger partial charge in [-0.1, -0.05) is 58.0 Å². The van der Waals surface area contributed by atoms with E-state index in [-0.39, 0.29) is 0 Å². The molecule has 0 aliphatic rings. The van der Waals surface area contributed by atoms with Crippen molar-refractivity contribution in [3.05, 3.63) is 89.0 Å². The molecule has 3 nitrogen and oxygen atoms in total. The molecule has 0 unspecified atom stereocenters. The monoisotopic (exact) mass is 459 g/mol. The molecule has 0 N–H and O–H groups in total. The predicted molar refractivity (Wildman–Crippen MR) is 143 cm³/mol. The van der Waals surface area contributed by atoms with Gasteiger partial charge in [-0.2, -0.15) is 0 Å². The molecule has 0 aliphatic heterocycles. The van der Waals surface area contributed by atoms with Gasteiger partial charge in [-0.15, -0.1) is 0 Å². The van der Waals surface area contributed by atoms with Crippen LogP contribution in [0.5, 0.6) is 17.2 Å². The van der Waals surface area contributed by atoms with Crippen molar-refractivity contribution in [2.45, 2.75) is 60.4 Å². The zero-order valence-corrected chi connectivity index (χ0v) is 21.9. The standard InChI is InChI=1S/C31H41NO2/c1-7-32(23-27-13-16-29(33-6)21-24(27)2)20-18-26-9-8-10-30(22-26)34-28-14-11-25(12-15-28)17-19-31(3,4)5/h8-16,21-22H,7,17-20,23H2,1-6H3. The Bertz CT molecular complexity index is 1030. The van der Waals surface area contributed by atoms with Crippen LogP contribution in [0.15, 0.2) is 66.7 Å². The first-order valence-corrected chi connectivity index (χ1v) is 12.5. The maximum Gasteiger partial charge on any atom is 0.127 e. The summed E-state index contributed by atoms with van der Waals surface area (Å²) in [4.78, 5) is 2.48. The van der Waals surface area contributed by atoms with Gasteiger partial charge in [0, 0.05) is 13.1 Å². The predicted octanol–water partition coefficient (Wildman–Crippen LogP) is 7.84. The Balaban J connectivity index is 1.55. The maximum atomic E-state index is 6.16. The van der Waals surface area contributed by atoms with Crippen molar-refractivity contribution in [1.29, 1.82) is 0 Å². The number of hydrogen-bond donors (Lipinski definition) is 0. The van der Waals surface area contributed by atoms with Gasteiger partial charge in [-0.3, -0.25) is 4.90 Å². The topological polar surface area (TPSA) is 21.7 Å². The van der Waals surface area contributed by atoms with Crippen LogP contribution in [-0.4, -0.2) is 25.1 Å². The van der Waals surface area contributed by atoms with Crippen molar-refractivity contribution in [3.8, 4) is 17.2 Å². The smallest absolute Gasteiger partial charge is 0.127 e. The van der Waals surface area contributed by atoms with Gasteiger partial charge in [-0.25, -0.2) is 0 Å². The van der Waals surface area contributed by atoms with Crippen LogP contribution < -0.4 is 9.47 Å². The summed E-state index contributed by atoms with van der Waals surface area (Å²) in [6.07, 6.45) is 3.28. The fourth-order valence-electron chi connectivity index (χ4n) is 3.99. The van der Waals surface area contributed by atoms with Crippen molar-refractivity contribution in [1.82, 2.24) is 4.90 Å². The quantitative estimate of drug-likeness (QED) is 0.291. The van der Waals surface area contributed by atoms with Gasteiger partial charge in [0.05, 0.1) is 7.11 Å². The number of likely N-dealkylation sites (N-methyl/N-ethyl adjacent to an activating group) is 1. The van der Waals surface area contributed by atoms with E-state index in [1.165, 1.54) is 28.7 Å². The number of benzene rings is 3. The normalized spacial score (nSPS) is 11.6. The molecule has 0 heterocycles. The fraction of sp³-hybridized carbons (Fsp3) is 0.419. The zero-order valence-electron chi connectivity index (χ0n) is 21.9. The zero-order chi connectivity index (χ0) is 24.6. The minimum atomic E-state index is 0.358. The summed E-state index contributed by atoms with van der Waals surface area (Å²) in [5.41, 5.74) is 5.64. The second kappa shape index (κ2) is 12.1. The van der Waals surface area contributed by atoms with Crippen LogP contribution in [0.1, 0.15) is 56.4 Å². The number of nitrogens with zero attached hydrogens (tertiary/aromatic N) is 1. The fourth-order valence-corrected chi connectivity index (χ4v) is 3.99. The summed E-state index contributed by atoms with van der Waals surface area (Å²) in [7, 11) is 1.72. The third-order valence-electron chi connectivity index (χ3n) is 6.33. The molecule has 3 aromatic carbocycles. The van der Waals surface area contributed by atoms with Gasteiger partial charge in [-0.05, 0) is 96.8 Å². The second-order valence-electron chi connectivity index (χ2n) is 10.4. The number of hydrogen-bond acceptors (Lipinski definition) is 3. The molecule has 182 valence electrons. The molecular weight excluding hydrogens is 418 g/mol. The third kappa shape index (κ3) is 8.22. The Morgan fingerprint density at radius 2 is 1.53 bits per heavy atom. The van der Waals surface area contributed by atoms with Gasteiger partial charge in [0.1, 0.15) is 17.2 Å². The average Bonchev–Trinajstić information content (AvgIpc) is 2.82. The first-order valence-electron chi connectivity index (χ1n) is 12.5. The molecule has 3 rings (SSSR count). The number of methoxy groups -OCH3 is 1. The summed E-state index contributed by atoms with van der Waals surface area (Å²) in [5.74, 6) is 2.71. The highest BCUT2D eigenvalue weighted by Crippen LogP contribution is 2.26. The average molecular weight is 460 g/mol. The van der Waals surface area contributed by atoms with Crippen LogP contribution >= 0.6 is 0 Å². The van der Waals surface area contributed by atoms with Crippen LogP contribution in [0.2, 0.25) is 0 Å².